The van der Waals surface area contributed by atoms with Crippen LogP contribution in [0.2, 0.25) is 0 Å². The van der Waals surface area contributed by atoms with Crippen molar-refractivity contribution in [3.63, 3.8) is 0 Å². The van der Waals surface area contributed by atoms with Gasteiger partial charge in [-0.3, -0.25) is 0 Å². The Morgan fingerprint density at radius 2 is 2.21 bits per heavy atom. The third-order valence-electron chi connectivity index (χ3n) is 3.58. The molecule has 1 N–H and O–H groups in total. The van der Waals surface area contributed by atoms with Gasteiger partial charge in [-0.15, -0.1) is 11.3 Å². The molecule has 2 rings (SSSR count). The first kappa shape index (κ1) is 14.8. The van der Waals surface area contributed by atoms with Crippen molar-refractivity contribution in [1.29, 1.82) is 0 Å². The summed E-state index contributed by atoms with van der Waals surface area (Å²) in [5.41, 5.74) is 0. The van der Waals surface area contributed by atoms with Crippen LogP contribution in [-0.4, -0.2) is 24.6 Å². The fraction of sp³-hybridized carbons (Fsp3) is 0.800. The molecule has 1 unspecified atom stereocenters. The molecule has 1 aromatic heterocycles. The van der Waals surface area contributed by atoms with E-state index in [0.717, 1.165) is 19.0 Å². The van der Waals surface area contributed by atoms with E-state index in [9.17, 15) is 0 Å². The van der Waals surface area contributed by atoms with Crippen LogP contribution in [-0.2, 0) is 0 Å². The molecular weight excluding hydrogens is 254 g/mol. The molecule has 0 aromatic carbocycles. The summed E-state index contributed by atoms with van der Waals surface area (Å²) >= 11 is 1.86. The summed E-state index contributed by atoms with van der Waals surface area (Å²) in [7, 11) is 0. The first-order chi connectivity index (χ1) is 9.24. The zero-order valence-corrected chi connectivity index (χ0v) is 13.3. The molecule has 1 aliphatic rings. The average Bonchev–Trinajstić information content (AvgIpc) is 3.09. The molecule has 0 saturated heterocycles. The second-order valence-electron chi connectivity index (χ2n) is 5.61. The number of anilines is 1. The Labute approximate surface area is 121 Å². The summed E-state index contributed by atoms with van der Waals surface area (Å²) < 4.78 is 0. The topological polar surface area (TPSA) is 28.2 Å². The second-order valence-corrected chi connectivity index (χ2v) is 6.65. The Balaban J connectivity index is 1.96. The minimum Gasteiger partial charge on any atom is -0.348 e. The lowest BCUT2D eigenvalue weighted by atomic mass is 10.3. The molecule has 0 amide bonds. The van der Waals surface area contributed by atoms with Crippen molar-refractivity contribution in [2.75, 3.05) is 24.5 Å². The Hall–Kier alpha value is -0.610. The van der Waals surface area contributed by atoms with Crippen LogP contribution < -0.4 is 10.2 Å². The summed E-state index contributed by atoms with van der Waals surface area (Å²) in [6.45, 7) is 10.1. The van der Waals surface area contributed by atoms with E-state index in [1.54, 1.807) is 0 Å². The van der Waals surface area contributed by atoms with Crippen molar-refractivity contribution >= 4 is 16.5 Å². The van der Waals surface area contributed by atoms with E-state index in [2.05, 4.69) is 42.2 Å². The zero-order chi connectivity index (χ0) is 13.7. The summed E-state index contributed by atoms with van der Waals surface area (Å²) in [6.07, 6.45) is 7.26. The number of hydrogen-bond donors (Lipinski definition) is 1. The Kier molecular flexibility index (Phi) is 5.64. The standard InChI is InChI=1S/C15H27N3S/c1-4-8-16-12(3)14-10-17-15(19-14)18(9-5-2)11-13-6-7-13/h10,12-13,16H,4-9,11H2,1-3H3. The largest absolute Gasteiger partial charge is 0.348 e. The lowest BCUT2D eigenvalue weighted by Crippen LogP contribution is -2.26. The smallest absolute Gasteiger partial charge is 0.185 e. The van der Waals surface area contributed by atoms with Crippen LogP contribution in [0.25, 0.3) is 0 Å². The van der Waals surface area contributed by atoms with E-state index in [1.165, 1.54) is 42.2 Å². The van der Waals surface area contributed by atoms with Crippen LogP contribution in [0.5, 0.6) is 0 Å². The van der Waals surface area contributed by atoms with E-state index in [-0.39, 0.29) is 0 Å². The number of nitrogens with zero attached hydrogens (tertiary/aromatic N) is 2. The summed E-state index contributed by atoms with van der Waals surface area (Å²) in [4.78, 5) is 8.50. The van der Waals surface area contributed by atoms with Crippen molar-refractivity contribution in [2.24, 2.45) is 5.92 Å². The minimum atomic E-state index is 0.426. The van der Waals surface area contributed by atoms with Crippen molar-refractivity contribution in [3.05, 3.63) is 11.1 Å². The molecule has 1 aliphatic carbocycles. The first-order valence-corrected chi connectivity index (χ1v) is 8.50. The molecule has 0 radical (unpaired) electrons. The molecule has 0 bridgehead atoms. The molecule has 1 saturated carbocycles. The highest BCUT2D eigenvalue weighted by molar-refractivity contribution is 7.15. The molecule has 19 heavy (non-hydrogen) atoms. The normalized spacial score (nSPS) is 16.6. The van der Waals surface area contributed by atoms with E-state index in [4.69, 9.17) is 0 Å². The third kappa shape index (κ3) is 4.46. The van der Waals surface area contributed by atoms with E-state index in [0.29, 0.717) is 6.04 Å². The molecule has 1 aromatic rings. The highest BCUT2D eigenvalue weighted by atomic mass is 32.1. The maximum atomic E-state index is 4.65. The second kappa shape index (κ2) is 7.25. The van der Waals surface area contributed by atoms with Crippen LogP contribution in [0.15, 0.2) is 6.20 Å². The van der Waals surface area contributed by atoms with Crippen LogP contribution >= 0.6 is 11.3 Å². The van der Waals surface area contributed by atoms with Crippen LogP contribution in [0, 0.1) is 5.92 Å². The lowest BCUT2D eigenvalue weighted by Gasteiger charge is -2.20. The van der Waals surface area contributed by atoms with Crippen LogP contribution in [0.1, 0.15) is 57.4 Å². The molecule has 1 fully saturated rings. The molecule has 1 heterocycles. The van der Waals surface area contributed by atoms with Gasteiger partial charge in [0.15, 0.2) is 5.13 Å². The molecule has 0 spiro atoms. The minimum absolute atomic E-state index is 0.426. The van der Waals surface area contributed by atoms with Crippen molar-refractivity contribution in [1.82, 2.24) is 10.3 Å². The summed E-state index contributed by atoms with van der Waals surface area (Å²) in [5, 5.41) is 4.75. The molecule has 3 nitrogen and oxygen atoms in total. The predicted octanol–water partition coefficient (Wildman–Crippen LogP) is 3.83. The number of rotatable bonds is 9. The zero-order valence-electron chi connectivity index (χ0n) is 12.5. The number of thiazole rings is 1. The van der Waals surface area contributed by atoms with Crippen molar-refractivity contribution in [3.8, 4) is 0 Å². The molecule has 1 atom stereocenters. The Bertz CT molecular complexity index is 373. The van der Waals surface area contributed by atoms with Crippen LogP contribution in [0.3, 0.4) is 0 Å². The third-order valence-corrected chi connectivity index (χ3v) is 4.82. The number of hydrogen-bond acceptors (Lipinski definition) is 4. The van der Waals surface area contributed by atoms with Gasteiger partial charge in [0.2, 0.25) is 0 Å². The Morgan fingerprint density at radius 1 is 1.42 bits per heavy atom. The van der Waals surface area contributed by atoms with E-state index >= 15 is 0 Å². The van der Waals surface area contributed by atoms with Crippen molar-refractivity contribution < 1.29 is 0 Å². The first-order valence-electron chi connectivity index (χ1n) is 7.68. The van der Waals surface area contributed by atoms with Gasteiger partial charge in [-0.25, -0.2) is 4.98 Å². The SMILES string of the molecule is CCCNC(C)c1cnc(N(CCC)CC2CC2)s1. The summed E-state index contributed by atoms with van der Waals surface area (Å²) in [6, 6.07) is 0.426. The predicted molar refractivity (Wildman–Crippen MR) is 84.1 cm³/mol. The van der Waals surface area contributed by atoms with Crippen molar-refractivity contribution in [2.45, 2.75) is 52.5 Å². The monoisotopic (exact) mass is 281 g/mol. The fourth-order valence-corrected chi connectivity index (χ4v) is 3.21. The quantitative estimate of drug-likeness (QED) is 0.745. The van der Waals surface area contributed by atoms with Gasteiger partial charge in [0, 0.05) is 30.2 Å². The lowest BCUT2D eigenvalue weighted by molar-refractivity contribution is 0.577. The highest BCUT2D eigenvalue weighted by Gasteiger charge is 2.25. The van der Waals surface area contributed by atoms with Crippen LogP contribution in [0.4, 0.5) is 5.13 Å². The van der Waals surface area contributed by atoms with Gasteiger partial charge in [0.25, 0.3) is 0 Å². The van der Waals surface area contributed by atoms with Gasteiger partial charge in [0.05, 0.1) is 0 Å². The highest BCUT2D eigenvalue weighted by Crippen LogP contribution is 2.33. The molecular formula is C15H27N3S. The number of aromatic nitrogens is 1. The molecule has 0 aliphatic heterocycles. The fourth-order valence-electron chi connectivity index (χ4n) is 2.23. The maximum absolute atomic E-state index is 4.65. The van der Waals surface area contributed by atoms with Gasteiger partial charge >= 0.3 is 0 Å². The molecule has 4 heteroatoms. The van der Waals surface area contributed by atoms with Gasteiger partial charge in [-0.1, -0.05) is 13.8 Å². The Morgan fingerprint density at radius 3 is 2.84 bits per heavy atom. The van der Waals surface area contributed by atoms with E-state index in [1.807, 2.05) is 11.3 Å². The average molecular weight is 281 g/mol. The van der Waals surface area contributed by atoms with E-state index < -0.39 is 0 Å². The number of nitrogens with one attached hydrogen (secondary N) is 1. The van der Waals surface area contributed by atoms with Gasteiger partial charge in [-0.2, -0.15) is 0 Å². The molecule has 108 valence electrons. The van der Waals surface area contributed by atoms with Gasteiger partial charge in [0.1, 0.15) is 0 Å². The van der Waals surface area contributed by atoms with Gasteiger partial charge < -0.3 is 10.2 Å². The maximum Gasteiger partial charge on any atom is 0.185 e. The summed E-state index contributed by atoms with van der Waals surface area (Å²) in [5.74, 6) is 0.925. The van der Waals surface area contributed by atoms with Gasteiger partial charge in [-0.05, 0) is 45.1 Å².